The van der Waals surface area contributed by atoms with Gasteiger partial charge in [-0.15, -0.1) is 0 Å². The van der Waals surface area contributed by atoms with Gasteiger partial charge in [-0.1, -0.05) is 6.07 Å². The van der Waals surface area contributed by atoms with Gasteiger partial charge in [-0.05, 0) is 30.3 Å². The third-order valence-electron chi connectivity index (χ3n) is 3.07. The standard InChI is InChI=1S/C16H13FN2O6/c1-24-12-5-6-13(14(8-12)19(22)23)18-15(20)9-25-16(21)10-3-2-4-11(17)7-10/h2-8H,9H2,1H3,(H,18,20). The van der Waals surface area contributed by atoms with Crippen molar-refractivity contribution in [3.63, 3.8) is 0 Å². The number of amides is 1. The van der Waals surface area contributed by atoms with Crippen LogP contribution in [0, 0.1) is 15.9 Å². The van der Waals surface area contributed by atoms with Crippen molar-refractivity contribution in [1.82, 2.24) is 0 Å². The summed E-state index contributed by atoms with van der Waals surface area (Å²) in [4.78, 5) is 33.9. The lowest BCUT2D eigenvalue weighted by Gasteiger charge is -2.08. The number of halogens is 1. The van der Waals surface area contributed by atoms with Gasteiger partial charge >= 0.3 is 5.97 Å². The second kappa shape index (κ2) is 7.86. The van der Waals surface area contributed by atoms with Gasteiger partial charge in [0.25, 0.3) is 11.6 Å². The van der Waals surface area contributed by atoms with Crippen molar-refractivity contribution in [2.75, 3.05) is 19.0 Å². The average molecular weight is 348 g/mol. The van der Waals surface area contributed by atoms with E-state index in [-0.39, 0.29) is 22.7 Å². The first kappa shape index (κ1) is 17.9. The Morgan fingerprint density at radius 2 is 2.00 bits per heavy atom. The minimum atomic E-state index is -0.890. The molecule has 0 fully saturated rings. The zero-order valence-electron chi connectivity index (χ0n) is 13.0. The highest BCUT2D eigenvalue weighted by Crippen LogP contribution is 2.28. The van der Waals surface area contributed by atoms with Crippen LogP contribution in [-0.2, 0) is 9.53 Å². The van der Waals surface area contributed by atoms with E-state index in [1.54, 1.807) is 0 Å². The maximum atomic E-state index is 13.0. The molecule has 0 spiro atoms. The third-order valence-corrected chi connectivity index (χ3v) is 3.07. The molecule has 0 heterocycles. The lowest BCUT2D eigenvalue weighted by molar-refractivity contribution is -0.384. The number of nitro benzene ring substituents is 1. The van der Waals surface area contributed by atoms with Gasteiger partial charge in [-0.2, -0.15) is 0 Å². The zero-order chi connectivity index (χ0) is 18.4. The van der Waals surface area contributed by atoms with E-state index < -0.39 is 29.2 Å². The molecule has 1 amide bonds. The van der Waals surface area contributed by atoms with Gasteiger partial charge < -0.3 is 14.8 Å². The smallest absolute Gasteiger partial charge is 0.338 e. The molecule has 2 rings (SSSR count). The van der Waals surface area contributed by atoms with Gasteiger partial charge in [0, 0.05) is 0 Å². The molecule has 0 atom stereocenters. The number of nitrogens with zero attached hydrogens (tertiary/aromatic N) is 1. The van der Waals surface area contributed by atoms with E-state index in [1.807, 2.05) is 0 Å². The van der Waals surface area contributed by atoms with Crippen LogP contribution >= 0.6 is 0 Å². The summed E-state index contributed by atoms with van der Waals surface area (Å²) >= 11 is 0. The van der Waals surface area contributed by atoms with Crippen LogP contribution in [0.3, 0.4) is 0 Å². The summed E-state index contributed by atoms with van der Waals surface area (Å²) in [7, 11) is 1.35. The number of methoxy groups -OCH3 is 1. The number of rotatable bonds is 6. The number of carbonyl (C=O) groups is 2. The van der Waals surface area contributed by atoms with Crippen molar-refractivity contribution in [3.05, 3.63) is 64.0 Å². The molecule has 0 aliphatic rings. The molecule has 0 saturated heterocycles. The molecular weight excluding hydrogens is 335 g/mol. The Balaban J connectivity index is 2.01. The molecule has 0 aromatic heterocycles. The molecule has 0 aliphatic heterocycles. The molecule has 0 radical (unpaired) electrons. The Morgan fingerprint density at radius 3 is 2.64 bits per heavy atom. The van der Waals surface area contributed by atoms with E-state index in [4.69, 9.17) is 9.47 Å². The van der Waals surface area contributed by atoms with Gasteiger partial charge in [-0.25, -0.2) is 9.18 Å². The average Bonchev–Trinajstić information content (AvgIpc) is 2.59. The number of nitrogens with one attached hydrogen (secondary N) is 1. The maximum absolute atomic E-state index is 13.0. The largest absolute Gasteiger partial charge is 0.496 e. The number of esters is 1. The summed E-state index contributed by atoms with van der Waals surface area (Å²) in [5.41, 5.74) is -0.495. The molecule has 2 aromatic rings. The first-order valence-corrected chi connectivity index (χ1v) is 6.95. The summed E-state index contributed by atoms with van der Waals surface area (Å²) in [6, 6.07) is 8.66. The maximum Gasteiger partial charge on any atom is 0.338 e. The predicted molar refractivity (Wildman–Crippen MR) is 85.0 cm³/mol. The van der Waals surface area contributed by atoms with Crippen molar-refractivity contribution < 1.29 is 28.4 Å². The molecule has 1 N–H and O–H groups in total. The number of carbonyl (C=O) groups excluding carboxylic acids is 2. The number of hydrogen-bond donors (Lipinski definition) is 1. The molecule has 130 valence electrons. The number of ether oxygens (including phenoxy) is 2. The molecule has 2 aromatic carbocycles. The second-order valence-electron chi connectivity index (χ2n) is 4.77. The summed E-state index contributed by atoms with van der Waals surface area (Å²) in [6.45, 7) is -0.682. The highest BCUT2D eigenvalue weighted by atomic mass is 19.1. The number of nitro groups is 1. The minimum absolute atomic E-state index is 0.0526. The Hall–Kier alpha value is -3.49. The molecule has 9 heteroatoms. The van der Waals surface area contributed by atoms with Gasteiger partial charge in [0.15, 0.2) is 6.61 Å². The number of anilines is 1. The minimum Gasteiger partial charge on any atom is -0.496 e. The molecule has 8 nitrogen and oxygen atoms in total. The summed E-state index contributed by atoms with van der Waals surface area (Å²) in [5, 5.41) is 13.3. The fourth-order valence-electron chi connectivity index (χ4n) is 1.91. The summed E-state index contributed by atoms with van der Waals surface area (Å²) in [5.74, 6) is -2.04. The highest BCUT2D eigenvalue weighted by molar-refractivity contribution is 5.96. The molecule has 25 heavy (non-hydrogen) atoms. The summed E-state index contributed by atoms with van der Waals surface area (Å²) < 4.78 is 22.7. The van der Waals surface area contributed by atoms with Gasteiger partial charge in [0.05, 0.1) is 23.7 Å². The van der Waals surface area contributed by atoms with Gasteiger partial charge in [0.1, 0.15) is 17.3 Å². The van der Waals surface area contributed by atoms with Crippen molar-refractivity contribution in [3.8, 4) is 5.75 Å². The zero-order valence-corrected chi connectivity index (χ0v) is 13.0. The number of hydrogen-bond acceptors (Lipinski definition) is 6. The van der Waals surface area contributed by atoms with Crippen LogP contribution in [0.1, 0.15) is 10.4 Å². The van der Waals surface area contributed by atoms with Crippen molar-refractivity contribution in [2.24, 2.45) is 0 Å². The molecule has 0 bridgehead atoms. The van der Waals surface area contributed by atoms with E-state index in [2.05, 4.69) is 5.32 Å². The van der Waals surface area contributed by atoms with Crippen LogP contribution < -0.4 is 10.1 Å². The second-order valence-corrected chi connectivity index (χ2v) is 4.77. The Kier molecular flexibility index (Phi) is 5.62. The first-order chi connectivity index (χ1) is 11.9. The Bertz CT molecular complexity index is 824. The van der Waals surface area contributed by atoms with Crippen LogP contribution in [0.2, 0.25) is 0 Å². The topological polar surface area (TPSA) is 108 Å². The van der Waals surface area contributed by atoms with Crippen LogP contribution in [0.15, 0.2) is 42.5 Å². The monoisotopic (exact) mass is 348 g/mol. The van der Waals surface area contributed by atoms with Gasteiger partial charge in [-0.3, -0.25) is 14.9 Å². The third kappa shape index (κ3) is 4.74. The number of benzene rings is 2. The van der Waals surface area contributed by atoms with Crippen molar-refractivity contribution in [2.45, 2.75) is 0 Å². The summed E-state index contributed by atoms with van der Waals surface area (Å²) in [6.07, 6.45) is 0. The SMILES string of the molecule is COc1ccc(NC(=O)COC(=O)c2cccc(F)c2)c([N+](=O)[O-])c1. The Morgan fingerprint density at radius 1 is 1.24 bits per heavy atom. The van der Waals surface area contributed by atoms with Crippen LogP contribution in [0.4, 0.5) is 15.8 Å². The van der Waals surface area contributed by atoms with Crippen LogP contribution in [0.5, 0.6) is 5.75 Å². The normalized spacial score (nSPS) is 10.0. The predicted octanol–water partition coefficient (Wildman–Crippen LogP) is 2.54. The lowest BCUT2D eigenvalue weighted by atomic mass is 10.2. The lowest BCUT2D eigenvalue weighted by Crippen LogP contribution is -2.21. The molecule has 0 unspecified atom stereocenters. The fourth-order valence-corrected chi connectivity index (χ4v) is 1.91. The Labute approximate surface area is 141 Å². The van der Waals surface area contributed by atoms with Crippen molar-refractivity contribution >= 4 is 23.3 Å². The quantitative estimate of drug-likeness (QED) is 0.488. The van der Waals surface area contributed by atoms with E-state index >= 15 is 0 Å². The van der Waals surface area contributed by atoms with Gasteiger partial charge in [0.2, 0.25) is 0 Å². The highest BCUT2D eigenvalue weighted by Gasteiger charge is 2.18. The van der Waals surface area contributed by atoms with Crippen LogP contribution in [-0.4, -0.2) is 30.5 Å². The van der Waals surface area contributed by atoms with E-state index in [9.17, 15) is 24.1 Å². The van der Waals surface area contributed by atoms with Crippen LogP contribution in [0.25, 0.3) is 0 Å². The fraction of sp³-hybridized carbons (Fsp3) is 0.125. The molecule has 0 aliphatic carbocycles. The first-order valence-electron chi connectivity index (χ1n) is 6.95. The molecule has 0 saturated carbocycles. The van der Waals surface area contributed by atoms with E-state index in [0.717, 1.165) is 18.2 Å². The molecular formula is C16H13FN2O6. The van der Waals surface area contributed by atoms with Crippen molar-refractivity contribution in [1.29, 1.82) is 0 Å². The van der Waals surface area contributed by atoms with E-state index in [0.29, 0.717) is 0 Å². The van der Waals surface area contributed by atoms with E-state index in [1.165, 1.54) is 31.4 Å².